The van der Waals surface area contributed by atoms with Crippen LogP contribution in [-0.2, 0) is 14.3 Å². The van der Waals surface area contributed by atoms with Crippen LogP contribution in [0.2, 0.25) is 0 Å². The summed E-state index contributed by atoms with van der Waals surface area (Å²) in [4.78, 5) is 41.7. The number of alkyl carbamates (subject to hydrolysis) is 1. The minimum absolute atomic E-state index is 0.0139. The molecule has 0 bridgehead atoms. The van der Waals surface area contributed by atoms with Gasteiger partial charge in [-0.2, -0.15) is 0 Å². The summed E-state index contributed by atoms with van der Waals surface area (Å²) in [6.07, 6.45) is 1.83. The first kappa shape index (κ1) is 30.5. The van der Waals surface area contributed by atoms with E-state index in [-0.39, 0.29) is 23.8 Å². The summed E-state index contributed by atoms with van der Waals surface area (Å²) in [5.41, 5.74) is 2.12. The molecule has 1 aromatic carbocycles. The molecule has 1 rings (SSSR count). The molecule has 0 heterocycles. The number of amides is 3. The van der Waals surface area contributed by atoms with Crippen LogP contribution in [0.1, 0.15) is 97.4 Å². The predicted octanol–water partition coefficient (Wildman–Crippen LogP) is 5.44. The molecule has 0 aliphatic heterocycles. The summed E-state index contributed by atoms with van der Waals surface area (Å²) in [5.74, 6) is -0.660. The first-order chi connectivity index (χ1) is 16.2. The number of likely N-dealkylation sites (N-methyl/N-ethyl adjacent to an activating group) is 1. The number of benzene rings is 1. The molecule has 0 saturated heterocycles. The molecule has 2 N–H and O–H groups in total. The number of aryl methyl sites for hydroxylation is 2. The number of hydrogen-bond acceptors (Lipinski definition) is 4. The molecule has 35 heavy (non-hydrogen) atoms. The number of ether oxygens (including phenoxy) is 1. The summed E-state index contributed by atoms with van der Waals surface area (Å²) >= 11 is 0. The maximum absolute atomic E-state index is 14.0. The number of rotatable bonds is 11. The van der Waals surface area contributed by atoms with Gasteiger partial charge in [-0.25, -0.2) is 4.79 Å². The van der Waals surface area contributed by atoms with Gasteiger partial charge in [-0.05, 0) is 66.4 Å². The van der Waals surface area contributed by atoms with E-state index in [9.17, 15) is 14.4 Å². The highest BCUT2D eigenvalue weighted by Crippen LogP contribution is 2.26. The number of nitrogens with one attached hydrogen (secondary N) is 2. The topological polar surface area (TPSA) is 87.7 Å². The second-order valence-electron chi connectivity index (χ2n) is 10.7. The Bertz CT molecular complexity index is 842. The van der Waals surface area contributed by atoms with Crippen LogP contribution >= 0.6 is 0 Å². The van der Waals surface area contributed by atoms with Crippen LogP contribution in [-0.4, -0.2) is 47.0 Å². The van der Waals surface area contributed by atoms with Gasteiger partial charge in [0.25, 0.3) is 0 Å². The molecule has 0 fully saturated rings. The third kappa shape index (κ3) is 9.54. The van der Waals surface area contributed by atoms with Crippen molar-refractivity contribution in [3.8, 4) is 0 Å². The van der Waals surface area contributed by atoms with Crippen LogP contribution in [0.5, 0.6) is 0 Å². The molecule has 1 aromatic rings. The van der Waals surface area contributed by atoms with Crippen molar-refractivity contribution in [2.24, 2.45) is 5.92 Å². The molecular weight excluding hydrogens is 442 g/mol. The van der Waals surface area contributed by atoms with Gasteiger partial charge < -0.3 is 20.3 Å². The summed E-state index contributed by atoms with van der Waals surface area (Å²) in [7, 11) is 0. The van der Waals surface area contributed by atoms with Gasteiger partial charge in [0.05, 0.1) is 0 Å². The van der Waals surface area contributed by atoms with E-state index in [1.807, 2.05) is 59.7 Å². The van der Waals surface area contributed by atoms with Crippen LogP contribution in [0.15, 0.2) is 18.2 Å². The van der Waals surface area contributed by atoms with E-state index in [0.717, 1.165) is 29.5 Å². The predicted molar refractivity (Wildman–Crippen MR) is 141 cm³/mol. The fourth-order valence-corrected chi connectivity index (χ4v) is 4.23. The first-order valence-corrected chi connectivity index (χ1v) is 12.9. The van der Waals surface area contributed by atoms with Crippen LogP contribution in [0.4, 0.5) is 4.79 Å². The zero-order chi connectivity index (χ0) is 26.9. The highest BCUT2D eigenvalue weighted by molar-refractivity contribution is 5.92. The first-order valence-electron chi connectivity index (χ1n) is 12.9. The summed E-state index contributed by atoms with van der Waals surface area (Å²) in [5, 5.41) is 5.88. The van der Waals surface area contributed by atoms with E-state index in [4.69, 9.17) is 4.74 Å². The molecule has 0 spiro atoms. The lowest BCUT2D eigenvalue weighted by Crippen LogP contribution is -2.55. The lowest BCUT2D eigenvalue weighted by molar-refractivity contribution is -0.143. The summed E-state index contributed by atoms with van der Waals surface area (Å²) < 4.78 is 5.43. The molecule has 4 atom stereocenters. The van der Waals surface area contributed by atoms with Crippen molar-refractivity contribution in [1.82, 2.24) is 15.5 Å². The molecule has 0 saturated carbocycles. The molecule has 0 aliphatic rings. The number of hydrogen-bond donors (Lipinski definition) is 2. The SMILES string of the molecule is CCCC(C)NC(=O)C(c1cc(C)cc(C)c1)N(CC)C(=O)C(NC(=O)OC(C)(C)C)C(C)CC. The normalized spacial score (nSPS) is 14.9. The van der Waals surface area contributed by atoms with E-state index >= 15 is 0 Å². The molecule has 0 aromatic heterocycles. The molecule has 198 valence electrons. The molecule has 3 amide bonds. The van der Waals surface area contributed by atoms with E-state index in [2.05, 4.69) is 17.6 Å². The van der Waals surface area contributed by atoms with Crippen molar-refractivity contribution in [2.45, 2.75) is 112 Å². The maximum atomic E-state index is 14.0. The summed E-state index contributed by atoms with van der Waals surface area (Å²) in [6.45, 7) is 19.4. The molecule has 0 radical (unpaired) electrons. The molecule has 4 unspecified atom stereocenters. The van der Waals surface area contributed by atoms with Gasteiger partial charge in [0.2, 0.25) is 11.8 Å². The van der Waals surface area contributed by atoms with Gasteiger partial charge in [-0.3, -0.25) is 9.59 Å². The third-order valence-electron chi connectivity index (χ3n) is 6.01. The second kappa shape index (κ2) is 13.5. The Kier molecular flexibility index (Phi) is 11.7. The third-order valence-corrected chi connectivity index (χ3v) is 6.01. The monoisotopic (exact) mass is 489 g/mol. The van der Waals surface area contributed by atoms with Gasteiger partial charge in [0, 0.05) is 12.6 Å². The van der Waals surface area contributed by atoms with Gasteiger partial charge in [-0.1, -0.05) is 62.9 Å². The van der Waals surface area contributed by atoms with Crippen molar-refractivity contribution in [3.63, 3.8) is 0 Å². The Labute approximate surface area is 212 Å². The van der Waals surface area contributed by atoms with Gasteiger partial charge in [0.1, 0.15) is 17.7 Å². The average Bonchev–Trinajstić information content (AvgIpc) is 2.72. The molecule has 0 aliphatic carbocycles. The number of carbonyl (C=O) groups is 3. The van der Waals surface area contributed by atoms with E-state index < -0.39 is 23.8 Å². The Morgan fingerprint density at radius 1 is 0.971 bits per heavy atom. The van der Waals surface area contributed by atoms with Crippen LogP contribution in [0.3, 0.4) is 0 Å². The minimum Gasteiger partial charge on any atom is -0.444 e. The van der Waals surface area contributed by atoms with Crippen molar-refractivity contribution in [3.05, 3.63) is 34.9 Å². The highest BCUT2D eigenvalue weighted by Gasteiger charge is 2.37. The Hall–Kier alpha value is -2.57. The molecule has 7 heteroatoms. The quantitative estimate of drug-likeness (QED) is 0.433. The van der Waals surface area contributed by atoms with Gasteiger partial charge in [0.15, 0.2) is 0 Å². The van der Waals surface area contributed by atoms with Gasteiger partial charge >= 0.3 is 6.09 Å². The van der Waals surface area contributed by atoms with Crippen molar-refractivity contribution in [1.29, 1.82) is 0 Å². The molecule has 7 nitrogen and oxygen atoms in total. The fourth-order valence-electron chi connectivity index (χ4n) is 4.23. The van der Waals surface area contributed by atoms with Crippen LogP contribution < -0.4 is 10.6 Å². The fraction of sp³-hybridized carbons (Fsp3) is 0.679. The van der Waals surface area contributed by atoms with Crippen LogP contribution in [0, 0.1) is 19.8 Å². The Morgan fingerprint density at radius 3 is 2.00 bits per heavy atom. The number of nitrogens with zero attached hydrogens (tertiary/aromatic N) is 1. The maximum Gasteiger partial charge on any atom is 0.408 e. The largest absolute Gasteiger partial charge is 0.444 e. The zero-order valence-electron chi connectivity index (χ0n) is 23.5. The standard InChI is InChI=1S/C28H47N3O4/c1-11-14-21(7)29-25(32)24(22-16-18(4)15-19(5)17-22)31(13-3)26(33)23(20(6)12-2)30-27(34)35-28(8,9)10/h15-17,20-21,23-24H,11-14H2,1-10H3,(H,29,32)(H,30,34). The zero-order valence-corrected chi connectivity index (χ0v) is 23.5. The van der Waals surface area contributed by atoms with Gasteiger partial charge in [-0.15, -0.1) is 0 Å². The van der Waals surface area contributed by atoms with Crippen LogP contribution in [0.25, 0.3) is 0 Å². The van der Waals surface area contributed by atoms with Crippen molar-refractivity contribution >= 4 is 17.9 Å². The van der Waals surface area contributed by atoms with Crippen molar-refractivity contribution in [2.75, 3.05) is 6.54 Å². The highest BCUT2D eigenvalue weighted by atomic mass is 16.6. The van der Waals surface area contributed by atoms with E-state index in [0.29, 0.717) is 13.0 Å². The Balaban J connectivity index is 3.45. The average molecular weight is 490 g/mol. The Morgan fingerprint density at radius 2 is 1.54 bits per heavy atom. The number of carbonyl (C=O) groups excluding carboxylic acids is 3. The van der Waals surface area contributed by atoms with E-state index in [1.165, 1.54) is 0 Å². The minimum atomic E-state index is -0.816. The lowest BCUT2D eigenvalue weighted by atomic mass is 9.94. The smallest absolute Gasteiger partial charge is 0.408 e. The van der Waals surface area contributed by atoms with Crippen molar-refractivity contribution < 1.29 is 19.1 Å². The lowest BCUT2D eigenvalue weighted by Gasteiger charge is -2.36. The second-order valence-corrected chi connectivity index (χ2v) is 10.7. The summed E-state index contributed by atoms with van der Waals surface area (Å²) in [6, 6.07) is 4.32. The van der Waals surface area contributed by atoms with E-state index in [1.54, 1.807) is 25.7 Å². The molecular formula is C28H47N3O4.